The van der Waals surface area contributed by atoms with Gasteiger partial charge in [-0.25, -0.2) is 0 Å². The van der Waals surface area contributed by atoms with E-state index in [1.54, 1.807) is 0 Å². The fourth-order valence-corrected chi connectivity index (χ4v) is 0. The van der Waals surface area contributed by atoms with E-state index in [-0.39, 0.29) is 18.9 Å². The van der Waals surface area contributed by atoms with Crippen molar-refractivity contribution in [1.82, 2.24) is 0 Å². The Labute approximate surface area is 65.1 Å². The molecule has 4 heteroatoms. The maximum absolute atomic E-state index is 5.02. The molecule has 0 atom stereocenters. The fourth-order valence-electron chi connectivity index (χ4n) is 0. The Hall–Kier alpha value is 1.85. The van der Waals surface area contributed by atoms with Crippen LogP contribution in [0.4, 0.5) is 0 Å². The molecule has 0 aromatic heterocycles. The predicted octanol–water partition coefficient (Wildman–Crippen LogP) is -0.534. The maximum Gasteiger partial charge on any atom is 1.00 e. The molecule has 0 unspecified atom stereocenters. The Morgan fingerprint density at radius 2 is 1.40 bits per heavy atom. The first kappa shape index (κ1) is 9.96. The third-order valence-electron chi connectivity index (χ3n) is 0. The molecule has 0 nitrogen and oxygen atoms in total. The van der Waals surface area contributed by atoms with E-state index in [2.05, 4.69) is 31.9 Å². The predicted molar refractivity (Wildman–Crippen MR) is 26.9 cm³/mol. The van der Waals surface area contributed by atoms with Gasteiger partial charge >= 0.3 is 18.9 Å². The molecule has 0 amide bonds. The van der Waals surface area contributed by atoms with Crippen molar-refractivity contribution in [2.75, 3.05) is 0 Å². The first-order valence-electron chi connectivity index (χ1n) is 0.567. The van der Waals surface area contributed by atoms with Crippen LogP contribution in [0.1, 0.15) is 0 Å². The van der Waals surface area contributed by atoms with Crippen molar-refractivity contribution in [2.45, 2.75) is 0 Å². The summed E-state index contributed by atoms with van der Waals surface area (Å²) in [6.07, 6.45) is 0. The van der Waals surface area contributed by atoms with Gasteiger partial charge in [0.15, 0.2) is 0 Å². The van der Waals surface area contributed by atoms with Crippen molar-refractivity contribution in [3.8, 4) is 0 Å². The molecule has 0 aromatic carbocycles. The van der Waals surface area contributed by atoms with E-state index in [0.29, 0.717) is 3.20 Å². The van der Waals surface area contributed by atoms with Gasteiger partial charge in [0.2, 0.25) is 0 Å². The van der Waals surface area contributed by atoms with Crippen LogP contribution in [0.5, 0.6) is 0 Å². The summed E-state index contributed by atoms with van der Waals surface area (Å²) in [5.74, 6) is 0. The van der Waals surface area contributed by atoms with Crippen LogP contribution in [0.25, 0.3) is 0 Å². The second-order valence-electron chi connectivity index (χ2n) is 0.214. The average molecular weight is 214 g/mol. The summed E-state index contributed by atoms with van der Waals surface area (Å²) < 4.78 is 0.514. The Balaban J connectivity index is 0. The molecular formula is CBr2ClLi. The molecule has 0 N–H and O–H groups in total. The van der Waals surface area contributed by atoms with Gasteiger partial charge in [0.1, 0.15) is 0 Å². The SMILES string of the molecule is Cl[C-](Br)Br.[Li+]. The van der Waals surface area contributed by atoms with E-state index < -0.39 is 0 Å². The molecule has 5 heavy (non-hydrogen) atoms. The molecule has 0 spiro atoms. The van der Waals surface area contributed by atoms with Gasteiger partial charge in [-0.15, -0.1) is 3.20 Å². The van der Waals surface area contributed by atoms with Gasteiger partial charge in [-0.1, -0.05) is 0 Å². The second kappa shape index (κ2) is 5.85. The van der Waals surface area contributed by atoms with Gasteiger partial charge < -0.3 is 11.6 Å². The standard InChI is InChI=1S/CBr2Cl.Li/c2-1(3)4;/q-1;+1. The first-order chi connectivity index (χ1) is 1.73. The minimum atomic E-state index is 0. The Morgan fingerprint density at radius 1 is 1.40 bits per heavy atom. The molecule has 0 radical (unpaired) electrons. The van der Waals surface area contributed by atoms with Crippen LogP contribution < -0.4 is 18.9 Å². The topological polar surface area (TPSA) is 0 Å². The van der Waals surface area contributed by atoms with Crippen molar-refractivity contribution in [1.29, 1.82) is 0 Å². The first-order valence-corrected chi connectivity index (χ1v) is 2.53. The maximum atomic E-state index is 5.02. The molecule has 0 rings (SSSR count). The Bertz CT molecular complexity index is 14.4. The summed E-state index contributed by atoms with van der Waals surface area (Å²) in [6.45, 7) is 0. The van der Waals surface area contributed by atoms with Gasteiger partial charge in [0.25, 0.3) is 0 Å². The Kier molecular flexibility index (Phi) is 11.7. The number of hydrogen-bond donors (Lipinski definition) is 0. The molecule has 26 valence electrons. The van der Waals surface area contributed by atoms with E-state index >= 15 is 0 Å². The molecule has 0 bridgehead atoms. The Morgan fingerprint density at radius 3 is 1.40 bits per heavy atom. The number of rotatable bonds is 0. The second-order valence-corrected chi connectivity index (χ2v) is 4.16. The van der Waals surface area contributed by atoms with Crippen molar-refractivity contribution in [2.24, 2.45) is 0 Å². The van der Waals surface area contributed by atoms with Crippen LogP contribution in [0, 0.1) is 3.20 Å². The zero-order valence-corrected chi connectivity index (χ0v) is 6.56. The van der Waals surface area contributed by atoms with Gasteiger partial charge in [-0.3, -0.25) is 31.9 Å². The molecule has 0 aliphatic rings. The number of hydrogen-bond acceptors (Lipinski definition) is 0. The van der Waals surface area contributed by atoms with Gasteiger partial charge in [0.05, 0.1) is 0 Å². The quantitative estimate of drug-likeness (QED) is 0.375. The summed E-state index contributed by atoms with van der Waals surface area (Å²) >= 11 is 10.8. The van der Waals surface area contributed by atoms with E-state index in [1.807, 2.05) is 0 Å². The summed E-state index contributed by atoms with van der Waals surface area (Å²) in [7, 11) is 0. The molecule has 0 heterocycles. The van der Waals surface area contributed by atoms with Crippen LogP contribution in [0.15, 0.2) is 0 Å². The summed E-state index contributed by atoms with van der Waals surface area (Å²) in [4.78, 5) is 0. The summed E-state index contributed by atoms with van der Waals surface area (Å²) in [6, 6.07) is 0. The van der Waals surface area contributed by atoms with Crippen molar-refractivity contribution in [3.63, 3.8) is 0 Å². The average Bonchev–Trinajstić information content (AvgIpc) is 0.811. The normalized spacial score (nSPS) is 7.20. The van der Waals surface area contributed by atoms with E-state index in [9.17, 15) is 0 Å². The smallest absolute Gasteiger partial charge is 0.322 e. The molecule has 0 aliphatic carbocycles. The van der Waals surface area contributed by atoms with Crippen molar-refractivity contribution >= 4 is 43.5 Å². The minimum Gasteiger partial charge on any atom is -0.322 e. The monoisotopic (exact) mass is 212 g/mol. The van der Waals surface area contributed by atoms with Gasteiger partial charge in [-0.05, 0) is 0 Å². The van der Waals surface area contributed by atoms with Crippen molar-refractivity contribution in [3.05, 3.63) is 3.20 Å². The van der Waals surface area contributed by atoms with Crippen LogP contribution >= 0.6 is 43.5 Å². The molecule has 0 saturated heterocycles. The van der Waals surface area contributed by atoms with Crippen LogP contribution in [0.3, 0.4) is 0 Å². The number of halogens is 3. The van der Waals surface area contributed by atoms with E-state index in [1.165, 1.54) is 0 Å². The minimum absolute atomic E-state index is 0. The molecule has 0 saturated carbocycles. The third kappa shape index (κ3) is 25.4. The summed E-state index contributed by atoms with van der Waals surface area (Å²) in [5, 5.41) is 0. The van der Waals surface area contributed by atoms with E-state index in [0.717, 1.165) is 0 Å². The summed E-state index contributed by atoms with van der Waals surface area (Å²) in [5.41, 5.74) is 0. The molecule has 0 aromatic rings. The largest absolute Gasteiger partial charge is 1.00 e. The van der Waals surface area contributed by atoms with Gasteiger partial charge in [-0.2, -0.15) is 0 Å². The third-order valence-corrected chi connectivity index (χ3v) is 0. The molecular weight excluding hydrogens is 214 g/mol. The molecule has 0 fully saturated rings. The van der Waals surface area contributed by atoms with E-state index in [4.69, 9.17) is 11.6 Å². The van der Waals surface area contributed by atoms with Gasteiger partial charge in [0, 0.05) is 0 Å². The zero-order valence-electron chi connectivity index (χ0n) is 2.63. The van der Waals surface area contributed by atoms with Crippen LogP contribution in [-0.2, 0) is 0 Å². The molecule has 0 aliphatic heterocycles. The van der Waals surface area contributed by atoms with Crippen LogP contribution in [0.2, 0.25) is 0 Å². The van der Waals surface area contributed by atoms with Crippen molar-refractivity contribution < 1.29 is 18.9 Å². The van der Waals surface area contributed by atoms with Crippen LogP contribution in [-0.4, -0.2) is 0 Å². The fraction of sp³-hybridized carbons (Fsp3) is 0. The zero-order chi connectivity index (χ0) is 3.58.